The number of aromatic nitrogens is 3. The maximum Gasteiger partial charge on any atom is 0.306 e. The molecule has 108 valence electrons. The number of carbonyl (C=O) groups is 2. The zero-order valence-electron chi connectivity index (χ0n) is 11.1. The molecule has 1 fully saturated rings. The summed E-state index contributed by atoms with van der Waals surface area (Å²) in [4.78, 5) is 26.9. The third-order valence-electron chi connectivity index (χ3n) is 3.57. The number of carboxylic acids is 1. The minimum absolute atomic E-state index is 0.0654. The van der Waals surface area contributed by atoms with Gasteiger partial charge in [-0.15, -0.1) is 0 Å². The molecule has 1 aliphatic carbocycles. The first-order valence-electron chi connectivity index (χ1n) is 6.63. The number of carbonyl (C=O) groups excluding carboxylic acids is 1. The second kappa shape index (κ2) is 5.35. The lowest BCUT2D eigenvalue weighted by atomic mass is 9.80. The summed E-state index contributed by atoms with van der Waals surface area (Å²) in [5, 5.41) is 15.7. The Bertz CT molecular complexity index is 645. The first kappa shape index (κ1) is 13.3. The van der Waals surface area contributed by atoms with Gasteiger partial charge in [-0.3, -0.25) is 9.59 Å². The van der Waals surface area contributed by atoms with Crippen LogP contribution in [0.3, 0.4) is 0 Å². The Morgan fingerprint density at radius 3 is 2.71 bits per heavy atom. The van der Waals surface area contributed by atoms with Crippen molar-refractivity contribution in [3.63, 3.8) is 0 Å². The molecule has 1 amide bonds. The van der Waals surface area contributed by atoms with E-state index in [1.165, 1.54) is 6.20 Å². The van der Waals surface area contributed by atoms with E-state index in [2.05, 4.69) is 15.4 Å². The Labute approximate surface area is 120 Å². The summed E-state index contributed by atoms with van der Waals surface area (Å²) in [6.07, 6.45) is 5.87. The molecule has 1 saturated carbocycles. The van der Waals surface area contributed by atoms with Crippen molar-refractivity contribution in [2.75, 3.05) is 0 Å². The Kier molecular flexibility index (Phi) is 3.39. The van der Waals surface area contributed by atoms with Crippen molar-refractivity contribution in [1.29, 1.82) is 0 Å². The van der Waals surface area contributed by atoms with Gasteiger partial charge in [-0.05, 0) is 31.0 Å². The van der Waals surface area contributed by atoms with Crippen LogP contribution in [0.1, 0.15) is 23.2 Å². The molecule has 0 bridgehead atoms. The normalized spacial score (nSPS) is 20.6. The molecule has 2 aromatic heterocycles. The molecule has 0 unspecified atom stereocenters. The lowest BCUT2D eigenvalue weighted by Gasteiger charge is -2.32. The summed E-state index contributed by atoms with van der Waals surface area (Å²) in [6, 6.07) is 5.11. The second-order valence-electron chi connectivity index (χ2n) is 5.03. The highest BCUT2D eigenvalue weighted by atomic mass is 16.4. The summed E-state index contributed by atoms with van der Waals surface area (Å²) in [5.74, 6) is -0.740. The third-order valence-corrected chi connectivity index (χ3v) is 3.57. The quantitative estimate of drug-likeness (QED) is 0.868. The van der Waals surface area contributed by atoms with E-state index >= 15 is 0 Å². The van der Waals surface area contributed by atoms with E-state index in [9.17, 15) is 9.59 Å². The smallest absolute Gasteiger partial charge is 0.306 e. The van der Waals surface area contributed by atoms with E-state index in [1.54, 1.807) is 35.3 Å². The van der Waals surface area contributed by atoms with E-state index in [0.29, 0.717) is 24.2 Å². The van der Waals surface area contributed by atoms with Crippen molar-refractivity contribution in [2.24, 2.45) is 5.92 Å². The zero-order valence-corrected chi connectivity index (χ0v) is 11.1. The number of aliphatic carboxylic acids is 1. The summed E-state index contributed by atoms with van der Waals surface area (Å²) in [6.45, 7) is 0. The topological polar surface area (TPSA) is 97.1 Å². The van der Waals surface area contributed by atoms with E-state index in [1.807, 2.05) is 0 Å². The molecule has 2 N–H and O–H groups in total. The fourth-order valence-corrected chi connectivity index (χ4v) is 2.27. The van der Waals surface area contributed by atoms with Crippen molar-refractivity contribution < 1.29 is 14.7 Å². The number of hydrogen-bond donors (Lipinski definition) is 2. The number of amides is 1. The fourth-order valence-electron chi connectivity index (χ4n) is 2.27. The number of pyridine rings is 1. The summed E-state index contributed by atoms with van der Waals surface area (Å²) in [7, 11) is 0. The Hall–Kier alpha value is -2.70. The van der Waals surface area contributed by atoms with Gasteiger partial charge in [-0.1, -0.05) is 0 Å². The van der Waals surface area contributed by atoms with Crippen LogP contribution in [0.5, 0.6) is 0 Å². The van der Waals surface area contributed by atoms with Gasteiger partial charge in [0.15, 0.2) is 5.82 Å². The number of nitrogens with one attached hydrogen (secondary N) is 1. The summed E-state index contributed by atoms with van der Waals surface area (Å²) in [5.41, 5.74) is 0.449. The van der Waals surface area contributed by atoms with Gasteiger partial charge >= 0.3 is 5.97 Å². The molecule has 7 nitrogen and oxygen atoms in total. The molecule has 0 saturated heterocycles. The maximum absolute atomic E-state index is 12.0. The number of rotatable bonds is 4. The molecule has 0 aromatic carbocycles. The molecule has 7 heteroatoms. The molecule has 21 heavy (non-hydrogen) atoms. The van der Waals surface area contributed by atoms with Crippen LogP contribution in [0, 0.1) is 5.92 Å². The van der Waals surface area contributed by atoms with Gasteiger partial charge in [0.2, 0.25) is 0 Å². The van der Waals surface area contributed by atoms with E-state index in [4.69, 9.17) is 5.11 Å². The van der Waals surface area contributed by atoms with Crippen molar-refractivity contribution in [2.45, 2.75) is 18.9 Å². The van der Waals surface area contributed by atoms with Crippen LogP contribution >= 0.6 is 0 Å². The van der Waals surface area contributed by atoms with Crippen LogP contribution in [0.2, 0.25) is 0 Å². The summed E-state index contributed by atoms with van der Waals surface area (Å²) >= 11 is 0. The molecular formula is C14H14N4O3. The minimum atomic E-state index is -0.800. The average Bonchev–Trinajstić information content (AvgIpc) is 2.96. The van der Waals surface area contributed by atoms with Crippen molar-refractivity contribution in [1.82, 2.24) is 20.1 Å². The van der Waals surface area contributed by atoms with Crippen molar-refractivity contribution in [3.05, 3.63) is 42.4 Å². The molecule has 3 rings (SSSR count). The van der Waals surface area contributed by atoms with Gasteiger partial charge in [0.25, 0.3) is 5.91 Å². The van der Waals surface area contributed by atoms with Crippen LogP contribution in [0.4, 0.5) is 0 Å². The molecule has 0 aliphatic heterocycles. The summed E-state index contributed by atoms with van der Waals surface area (Å²) < 4.78 is 1.60. The average molecular weight is 286 g/mol. The van der Waals surface area contributed by atoms with Crippen LogP contribution in [-0.4, -0.2) is 37.8 Å². The zero-order chi connectivity index (χ0) is 14.8. The number of nitrogens with zero attached hydrogens (tertiary/aromatic N) is 3. The van der Waals surface area contributed by atoms with Crippen molar-refractivity contribution >= 4 is 11.9 Å². The van der Waals surface area contributed by atoms with Gasteiger partial charge in [0.1, 0.15) is 0 Å². The number of hydrogen-bond acceptors (Lipinski definition) is 4. The van der Waals surface area contributed by atoms with E-state index < -0.39 is 5.97 Å². The monoisotopic (exact) mass is 286 g/mol. The third kappa shape index (κ3) is 2.76. The standard InChI is InChI=1S/C14H14N4O3/c19-13(17-11-6-10(7-11)14(20)21)9-2-3-12(15-8-9)18-5-1-4-16-18/h1-5,8,10-11H,6-7H2,(H,17,19)(H,20,21). The molecule has 0 radical (unpaired) electrons. The highest BCUT2D eigenvalue weighted by molar-refractivity contribution is 5.94. The first-order chi connectivity index (χ1) is 10.1. The predicted octanol–water partition coefficient (Wildman–Crippen LogP) is 0.860. The van der Waals surface area contributed by atoms with Gasteiger partial charge < -0.3 is 10.4 Å². The first-order valence-corrected chi connectivity index (χ1v) is 6.63. The molecule has 2 heterocycles. The second-order valence-corrected chi connectivity index (χ2v) is 5.03. The van der Waals surface area contributed by atoms with E-state index in [-0.39, 0.29) is 17.9 Å². The van der Waals surface area contributed by atoms with Gasteiger partial charge in [0.05, 0.1) is 11.5 Å². The van der Waals surface area contributed by atoms with Gasteiger partial charge in [-0.25, -0.2) is 9.67 Å². The maximum atomic E-state index is 12.0. The lowest BCUT2D eigenvalue weighted by molar-refractivity contribution is -0.145. The minimum Gasteiger partial charge on any atom is -0.481 e. The SMILES string of the molecule is O=C(NC1CC(C(=O)O)C1)c1ccc(-n2cccn2)nc1. The fraction of sp³-hybridized carbons (Fsp3) is 0.286. The van der Waals surface area contributed by atoms with Crippen molar-refractivity contribution in [3.8, 4) is 5.82 Å². The Balaban J connectivity index is 1.60. The van der Waals surface area contributed by atoms with Gasteiger partial charge in [0, 0.05) is 24.6 Å². The van der Waals surface area contributed by atoms with Crippen LogP contribution < -0.4 is 5.32 Å². The van der Waals surface area contributed by atoms with Crippen LogP contribution in [-0.2, 0) is 4.79 Å². The van der Waals surface area contributed by atoms with Crippen LogP contribution in [0.25, 0.3) is 5.82 Å². The Morgan fingerprint density at radius 2 is 2.14 bits per heavy atom. The van der Waals surface area contributed by atoms with Crippen LogP contribution in [0.15, 0.2) is 36.8 Å². The predicted molar refractivity (Wildman–Crippen MR) is 73.0 cm³/mol. The lowest BCUT2D eigenvalue weighted by Crippen LogP contribution is -2.46. The highest BCUT2D eigenvalue weighted by Crippen LogP contribution is 2.27. The molecule has 1 aliphatic rings. The number of carboxylic acid groups (broad SMARTS) is 1. The largest absolute Gasteiger partial charge is 0.481 e. The molecule has 0 atom stereocenters. The van der Waals surface area contributed by atoms with E-state index in [0.717, 1.165) is 0 Å². The van der Waals surface area contributed by atoms with Gasteiger partial charge in [-0.2, -0.15) is 5.10 Å². The highest BCUT2D eigenvalue weighted by Gasteiger charge is 2.35. The molecule has 2 aromatic rings. The molecule has 0 spiro atoms. The molecular weight excluding hydrogens is 272 g/mol. The Morgan fingerprint density at radius 1 is 1.33 bits per heavy atom.